The normalized spacial score (nSPS) is 12.7. The summed E-state index contributed by atoms with van der Waals surface area (Å²) < 4.78 is 67.5. The predicted octanol–water partition coefficient (Wildman–Crippen LogP) is 5.47. The first-order valence-electron chi connectivity index (χ1n) is 10.3. The molecular weight excluding hydrogens is 489 g/mol. The molecule has 0 aliphatic carbocycles. The second-order valence-electron chi connectivity index (χ2n) is 7.60. The predicted molar refractivity (Wildman–Crippen MR) is 125 cm³/mol. The van der Waals surface area contributed by atoms with E-state index in [0.29, 0.717) is 10.4 Å². The Morgan fingerprint density at radius 2 is 1.59 bits per heavy atom. The number of amides is 1. The Morgan fingerprint density at radius 1 is 1.00 bits per heavy atom. The van der Waals surface area contributed by atoms with E-state index in [0.717, 1.165) is 17.7 Å². The number of hydrogen-bond acceptors (Lipinski definition) is 3. The van der Waals surface area contributed by atoms with Crippen molar-refractivity contribution in [3.63, 3.8) is 0 Å². The van der Waals surface area contributed by atoms with Crippen LogP contribution in [0.2, 0.25) is 5.02 Å². The lowest BCUT2D eigenvalue weighted by Crippen LogP contribution is -2.41. The maximum absolute atomic E-state index is 13.4. The molecule has 0 aromatic heterocycles. The molecule has 3 rings (SSSR count). The monoisotopic (exact) mass is 510 g/mol. The van der Waals surface area contributed by atoms with Crippen LogP contribution in [0.15, 0.2) is 83.8 Å². The molecular formula is C24H22ClF3N2O3S. The summed E-state index contributed by atoms with van der Waals surface area (Å²) in [6.45, 7) is 1.40. The van der Waals surface area contributed by atoms with E-state index in [4.69, 9.17) is 11.6 Å². The fraction of sp³-hybridized carbons (Fsp3) is 0.208. The second kappa shape index (κ2) is 10.5. The molecule has 0 unspecified atom stereocenters. The summed E-state index contributed by atoms with van der Waals surface area (Å²) in [6, 6.07) is 19.3. The number of halogens is 4. The smallest absolute Gasteiger partial charge is 0.354 e. The number of carbonyl (C=O) groups excluding carboxylic acids is 1. The van der Waals surface area contributed by atoms with Gasteiger partial charge in [0.05, 0.1) is 21.2 Å². The van der Waals surface area contributed by atoms with Gasteiger partial charge in [-0.1, -0.05) is 67.1 Å². The van der Waals surface area contributed by atoms with Crippen molar-refractivity contribution in [2.24, 2.45) is 0 Å². The number of alkyl halides is 3. The molecule has 0 spiro atoms. The van der Waals surface area contributed by atoms with Crippen molar-refractivity contribution in [3.05, 3.63) is 95.0 Å². The average molecular weight is 511 g/mol. The van der Waals surface area contributed by atoms with Crippen molar-refractivity contribution in [1.29, 1.82) is 0 Å². The lowest BCUT2D eigenvalue weighted by Gasteiger charge is -2.25. The highest BCUT2D eigenvalue weighted by atomic mass is 35.5. The van der Waals surface area contributed by atoms with Gasteiger partial charge in [0.2, 0.25) is 5.91 Å². The zero-order chi connectivity index (χ0) is 24.9. The minimum atomic E-state index is -4.80. The number of rotatable bonds is 8. The molecule has 1 amide bonds. The maximum atomic E-state index is 13.4. The number of sulfonamides is 1. The van der Waals surface area contributed by atoms with Crippen LogP contribution in [0.4, 0.5) is 18.9 Å². The van der Waals surface area contributed by atoms with Crippen molar-refractivity contribution in [2.75, 3.05) is 17.4 Å². The fourth-order valence-corrected chi connectivity index (χ4v) is 4.93. The Bertz CT molecular complexity index is 1240. The molecule has 10 heteroatoms. The van der Waals surface area contributed by atoms with E-state index in [1.165, 1.54) is 24.3 Å². The lowest BCUT2D eigenvalue weighted by molar-refractivity contribution is -0.137. The Kier molecular flexibility index (Phi) is 7.89. The van der Waals surface area contributed by atoms with E-state index in [9.17, 15) is 26.4 Å². The van der Waals surface area contributed by atoms with Gasteiger partial charge in [-0.2, -0.15) is 13.2 Å². The first kappa shape index (κ1) is 25.6. The first-order chi connectivity index (χ1) is 16.0. The van der Waals surface area contributed by atoms with Crippen molar-refractivity contribution in [1.82, 2.24) is 5.32 Å². The number of nitrogens with one attached hydrogen (secondary N) is 1. The van der Waals surface area contributed by atoms with Crippen LogP contribution in [0, 0.1) is 0 Å². The van der Waals surface area contributed by atoms with E-state index >= 15 is 0 Å². The van der Waals surface area contributed by atoms with Crippen LogP contribution in [-0.2, 0) is 21.0 Å². The maximum Gasteiger partial charge on any atom is 0.417 e. The van der Waals surface area contributed by atoms with Crippen molar-refractivity contribution in [2.45, 2.75) is 23.9 Å². The van der Waals surface area contributed by atoms with E-state index in [2.05, 4.69) is 5.32 Å². The summed E-state index contributed by atoms with van der Waals surface area (Å²) in [5.74, 6) is -0.720. The summed E-state index contributed by atoms with van der Waals surface area (Å²) in [5.41, 5.74) is -0.547. The molecule has 3 aromatic carbocycles. The zero-order valence-corrected chi connectivity index (χ0v) is 19.7. The van der Waals surface area contributed by atoms with Crippen molar-refractivity contribution in [3.8, 4) is 0 Å². The van der Waals surface area contributed by atoms with Gasteiger partial charge in [-0.15, -0.1) is 0 Å². The molecule has 0 radical (unpaired) electrons. The Labute approximate surface area is 201 Å². The third-order valence-corrected chi connectivity index (χ3v) is 7.25. The molecule has 0 heterocycles. The van der Waals surface area contributed by atoms with Crippen LogP contribution in [0.25, 0.3) is 0 Å². The molecule has 0 aliphatic rings. The van der Waals surface area contributed by atoms with Crippen molar-refractivity contribution < 1.29 is 26.4 Å². The van der Waals surface area contributed by atoms with E-state index < -0.39 is 39.2 Å². The third-order valence-electron chi connectivity index (χ3n) is 5.14. The van der Waals surface area contributed by atoms with E-state index in [1.807, 2.05) is 37.3 Å². The lowest BCUT2D eigenvalue weighted by atomic mass is 10.0. The van der Waals surface area contributed by atoms with Crippen LogP contribution in [-0.4, -0.2) is 27.4 Å². The molecule has 5 nitrogen and oxygen atoms in total. The van der Waals surface area contributed by atoms with Gasteiger partial charge in [-0.05, 0) is 41.8 Å². The van der Waals surface area contributed by atoms with Gasteiger partial charge < -0.3 is 5.32 Å². The van der Waals surface area contributed by atoms with Gasteiger partial charge in [0.25, 0.3) is 10.0 Å². The summed E-state index contributed by atoms with van der Waals surface area (Å²) in [7, 11) is -4.35. The Morgan fingerprint density at radius 3 is 2.18 bits per heavy atom. The highest BCUT2D eigenvalue weighted by molar-refractivity contribution is 7.92. The summed E-state index contributed by atoms with van der Waals surface area (Å²) >= 11 is 5.70. The zero-order valence-electron chi connectivity index (χ0n) is 18.1. The minimum absolute atomic E-state index is 0.0586. The number of benzene rings is 3. The highest BCUT2D eigenvalue weighted by Gasteiger charge is 2.35. The first-order valence-corrected chi connectivity index (χ1v) is 12.1. The van der Waals surface area contributed by atoms with Gasteiger partial charge in [0, 0.05) is 6.54 Å². The van der Waals surface area contributed by atoms with Gasteiger partial charge in [-0.3, -0.25) is 9.10 Å². The molecule has 0 fully saturated rings. The summed E-state index contributed by atoms with van der Waals surface area (Å²) in [6.07, 6.45) is -4.80. The summed E-state index contributed by atoms with van der Waals surface area (Å²) in [5, 5.41) is 2.09. The standard InChI is InChI=1S/C24H22ClF3N2O3S/c1-17(18-8-4-2-5-9-18)15-29-23(31)16-30(34(32,33)20-10-6-3-7-11-20)19-12-13-22(25)21(14-19)24(26,27)28/h2-14,17H,15-16H2,1H3,(H,29,31)/t17-/m0/s1. The number of carbonyl (C=O) groups is 1. The summed E-state index contributed by atoms with van der Waals surface area (Å²) in [4.78, 5) is 12.6. The molecule has 0 saturated heterocycles. The largest absolute Gasteiger partial charge is 0.417 e. The van der Waals surface area contributed by atoms with Gasteiger partial charge >= 0.3 is 6.18 Å². The van der Waals surface area contributed by atoms with E-state index in [-0.39, 0.29) is 23.0 Å². The molecule has 1 N–H and O–H groups in total. The number of anilines is 1. The topological polar surface area (TPSA) is 66.5 Å². The number of hydrogen-bond donors (Lipinski definition) is 1. The highest BCUT2D eigenvalue weighted by Crippen LogP contribution is 2.38. The van der Waals surface area contributed by atoms with E-state index in [1.54, 1.807) is 6.07 Å². The van der Waals surface area contributed by atoms with Gasteiger partial charge in [0.15, 0.2) is 0 Å². The molecule has 3 aromatic rings. The quantitative estimate of drug-likeness (QED) is 0.437. The van der Waals surface area contributed by atoms with Gasteiger partial charge in [-0.25, -0.2) is 8.42 Å². The van der Waals surface area contributed by atoms with Crippen LogP contribution in [0.5, 0.6) is 0 Å². The second-order valence-corrected chi connectivity index (χ2v) is 9.87. The fourth-order valence-electron chi connectivity index (χ4n) is 3.27. The van der Waals surface area contributed by atoms with Crippen molar-refractivity contribution >= 4 is 33.2 Å². The minimum Gasteiger partial charge on any atom is -0.354 e. The van der Waals surface area contributed by atoms with Crippen LogP contribution in [0.1, 0.15) is 24.0 Å². The molecule has 0 bridgehead atoms. The molecule has 180 valence electrons. The molecule has 0 aliphatic heterocycles. The third kappa shape index (κ3) is 6.09. The number of nitrogens with zero attached hydrogens (tertiary/aromatic N) is 1. The van der Waals surface area contributed by atoms with Crippen LogP contribution >= 0.6 is 11.6 Å². The van der Waals surface area contributed by atoms with Crippen LogP contribution < -0.4 is 9.62 Å². The van der Waals surface area contributed by atoms with Gasteiger partial charge in [0.1, 0.15) is 6.54 Å². The SMILES string of the molecule is C[C@@H](CNC(=O)CN(c1ccc(Cl)c(C(F)(F)F)c1)S(=O)(=O)c1ccccc1)c1ccccc1. The average Bonchev–Trinajstić information content (AvgIpc) is 2.81. The molecule has 0 saturated carbocycles. The molecule has 34 heavy (non-hydrogen) atoms. The van der Waals surface area contributed by atoms with Crippen LogP contribution in [0.3, 0.4) is 0 Å². The Hall–Kier alpha value is -3.04. The molecule has 1 atom stereocenters. The Balaban J connectivity index is 1.91.